The summed E-state index contributed by atoms with van der Waals surface area (Å²) in [5.41, 5.74) is 1.23. The molecule has 0 bridgehead atoms. The van der Waals surface area contributed by atoms with E-state index >= 15 is 0 Å². The number of carbonyl (C=O) groups is 3. The standard InChI is InChI=1S/C19H19N5O3S/c1-11(15-17(27)23-19(24(15)2)4-3-5-19)6-12(8-25)22-16-14-7-13(9-26)28-18(14)21-10-20-16/h6-10H,3-5H2,1-2H3,(H,23,27)(H,20,21,22)/b12-6+,15-11-. The van der Waals surface area contributed by atoms with E-state index in [9.17, 15) is 14.4 Å². The lowest BCUT2D eigenvalue weighted by Crippen LogP contribution is -2.55. The Morgan fingerprint density at radius 2 is 2.14 bits per heavy atom. The first-order valence-corrected chi connectivity index (χ1v) is 9.70. The number of rotatable bonds is 5. The van der Waals surface area contributed by atoms with Gasteiger partial charge in [-0.3, -0.25) is 14.4 Å². The third-order valence-corrected chi connectivity index (χ3v) is 6.29. The number of nitrogens with zero attached hydrogens (tertiary/aromatic N) is 3. The van der Waals surface area contributed by atoms with Crippen LogP contribution in [-0.4, -0.2) is 46.1 Å². The van der Waals surface area contributed by atoms with Gasteiger partial charge in [-0.25, -0.2) is 9.97 Å². The van der Waals surface area contributed by atoms with Crippen LogP contribution < -0.4 is 10.6 Å². The van der Waals surface area contributed by atoms with Crippen LogP contribution in [-0.2, 0) is 9.59 Å². The molecule has 0 radical (unpaired) electrons. The zero-order valence-electron chi connectivity index (χ0n) is 15.5. The SMILES string of the molecule is CC(/C=C(\C=O)Nc1ncnc2sc(C=O)cc12)=C1\C(=O)NC2(CCC2)N1C. The van der Waals surface area contributed by atoms with Gasteiger partial charge in [-0.15, -0.1) is 11.3 Å². The van der Waals surface area contributed by atoms with Gasteiger partial charge < -0.3 is 15.5 Å². The Morgan fingerprint density at radius 1 is 1.36 bits per heavy atom. The second kappa shape index (κ2) is 6.83. The second-order valence-corrected chi connectivity index (χ2v) is 8.04. The summed E-state index contributed by atoms with van der Waals surface area (Å²) in [7, 11) is 1.90. The van der Waals surface area contributed by atoms with Gasteiger partial charge >= 0.3 is 0 Å². The highest BCUT2D eigenvalue weighted by Gasteiger charge is 2.49. The smallest absolute Gasteiger partial charge is 0.269 e. The van der Waals surface area contributed by atoms with Crippen molar-refractivity contribution in [2.75, 3.05) is 12.4 Å². The van der Waals surface area contributed by atoms with E-state index in [0.29, 0.717) is 38.5 Å². The molecule has 0 aromatic carbocycles. The summed E-state index contributed by atoms with van der Waals surface area (Å²) in [6.45, 7) is 1.80. The maximum absolute atomic E-state index is 12.5. The molecule has 144 valence electrons. The molecule has 2 fully saturated rings. The van der Waals surface area contributed by atoms with Crippen LogP contribution in [0.4, 0.5) is 5.82 Å². The first kappa shape index (κ1) is 18.3. The molecule has 1 saturated carbocycles. The van der Waals surface area contributed by atoms with E-state index in [1.165, 1.54) is 17.7 Å². The number of fused-ring (bicyclic) bond motifs is 1. The highest BCUT2D eigenvalue weighted by atomic mass is 32.1. The van der Waals surface area contributed by atoms with E-state index in [4.69, 9.17) is 0 Å². The minimum atomic E-state index is -0.281. The molecule has 4 rings (SSSR count). The molecule has 2 aromatic heterocycles. The van der Waals surface area contributed by atoms with Crippen LogP contribution in [0.3, 0.4) is 0 Å². The number of amides is 1. The Hall–Kier alpha value is -3.07. The third-order valence-electron chi connectivity index (χ3n) is 5.32. The van der Waals surface area contributed by atoms with Crippen molar-refractivity contribution in [3.8, 4) is 0 Å². The van der Waals surface area contributed by atoms with Gasteiger partial charge in [0.1, 0.15) is 28.3 Å². The molecule has 2 aromatic rings. The van der Waals surface area contributed by atoms with Gasteiger partial charge in [-0.1, -0.05) is 0 Å². The summed E-state index contributed by atoms with van der Waals surface area (Å²) in [5, 5.41) is 6.71. The van der Waals surface area contributed by atoms with Crippen molar-refractivity contribution in [1.29, 1.82) is 0 Å². The molecule has 1 amide bonds. The largest absolute Gasteiger partial charge is 0.347 e. The maximum Gasteiger partial charge on any atom is 0.269 e. The number of nitrogens with one attached hydrogen (secondary N) is 2. The number of hydrogen-bond acceptors (Lipinski definition) is 8. The topological polar surface area (TPSA) is 104 Å². The summed E-state index contributed by atoms with van der Waals surface area (Å²) >= 11 is 1.25. The molecule has 8 nitrogen and oxygen atoms in total. The van der Waals surface area contributed by atoms with Crippen LogP contribution in [0, 0.1) is 0 Å². The van der Waals surface area contributed by atoms with E-state index in [2.05, 4.69) is 20.6 Å². The molecule has 1 saturated heterocycles. The number of thiophene rings is 1. The molecular weight excluding hydrogens is 378 g/mol. The fourth-order valence-corrected chi connectivity index (χ4v) is 4.52. The van der Waals surface area contributed by atoms with Crippen LogP contribution in [0.25, 0.3) is 10.2 Å². The normalized spacial score (nSPS) is 20.1. The van der Waals surface area contributed by atoms with Crippen molar-refractivity contribution in [3.05, 3.63) is 40.3 Å². The number of carbonyl (C=O) groups excluding carboxylic acids is 3. The molecule has 0 unspecified atom stereocenters. The molecule has 1 aliphatic heterocycles. The highest BCUT2D eigenvalue weighted by molar-refractivity contribution is 7.20. The predicted octanol–water partition coefficient (Wildman–Crippen LogP) is 2.21. The minimum Gasteiger partial charge on any atom is -0.347 e. The summed E-state index contributed by atoms with van der Waals surface area (Å²) in [5.74, 6) is 0.310. The molecule has 1 spiro atoms. The Labute approximate surface area is 165 Å². The highest BCUT2D eigenvalue weighted by Crippen LogP contribution is 2.41. The van der Waals surface area contributed by atoms with E-state index in [0.717, 1.165) is 25.5 Å². The number of aromatic nitrogens is 2. The van der Waals surface area contributed by atoms with Crippen molar-refractivity contribution in [3.63, 3.8) is 0 Å². The van der Waals surface area contributed by atoms with Crippen LogP contribution in [0.15, 0.2) is 35.4 Å². The lowest BCUT2D eigenvalue weighted by Gasteiger charge is -2.44. The van der Waals surface area contributed by atoms with E-state index in [-0.39, 0.29) is 17.3 Å². The van der Waals surface area contributed by atoms with Crippen molar-refractivity contribution in [2.45, 2.75) is 31.8 Å². The molecular formula is C19H19N5O3S. The Kier molecular flexibility index (Phi) is 4.46. The van der Waals surface area contributed by atoms with Crippen LogP contribution in [0.5, 0.6) is 0 Å². The quantitative estimate of drug-likeness (QED) is 0.589. The van der Waals surface area contributed by atoms with Gasteiger partial charge in [0.25, 0.3) is 5.91 Å². The Bertz CT molecular complexity index is 1050. The summed E-state index contributed by atoms with van der Waals surface area (Å²) in [4.78, 5) is 46.6. The summed E-state index contributed by atoms with van der Waals surface area (Å²) < 4.78 is 0. The molecule has 3 heterocycles. The average molecular weight is 397 g/mol. The van der Waals surface area contributed by atoms with Gasteiger partial charge in [0.05, 0.1) is 16.0 Å². The van der Waals surface area contributed by atoms with Crippen molar-refractivity contribution in [2.24, 2.45) is 0 Å². The molecule has 0 atom stereocenters. The van der Waals surface area contributed by atoms with Gasteiger partial charge in [0, 0.05) is 7.05 Å². The van der Waals surface area contributed by atoms with E-state index < -0.39 is 0 Å². The van der Waals surface area contributed by atoms with Crippen molar-refractivity contribution >= 4 is 45.9 Å². The van der Waals surface area contributed by atoms with Crippen molar-refractivity contribution < 1.29 is 14.4 Å². The fourth-order valence-electron chi connectivity index (χ4n) is 3.71. The summed E-state index contributed by atoms with van der Waals surface area (Å²) in [6.07, 6.45) is 7.37. The van der Waals surface area contributed by atoms with Crippen LogP contribution >= 0.6 is 11.3 Å². The van der Waals surface area contributed by atoms with E-state index in [1.807, 2.05) is 11.9 Å². The molecule has 1 aliphatic carbocycles. The number of hydrogen-bond donors (Lipinski definition) is 2. The zero-order chi connectivity index (χ0) is 19.9. The zero-order valence-corrected chi connectivity index (χ0v) is 16.3. The van der Waals surface area contributed by atoms with Gasteiger partial charge in [-0.05, 0) is 43.9 Å². The van der Waals surface area contributed by atoms with Gasteiger partial charge in [0.15, 0.2) is 12.6 Å². The van der Waals surface area contributed by atoms with E-state index in [1.54, 1.807) is 19.1 Å². The van der Waals surface area contributed by atoms with Crippen LogP contribution in [0.2, 0.25) is 0 Å². The monoisotopic (exact) mass is 397 g/mol. The molecule has 2 N–H and O–H groups in total. The Balaban J connectivity index is 1.67. The number of likely N-dealkylation sites (N-methyl/N-ethyl adjacent to an activating group) is 1. The first-order valence-electron chi connectivity index (χ1n) is 8.88. The molecule has 9 heteroatoms. The molecule has 2 aliphatic rings. The maximum atomic E-state index is 12.5. The third kappa shape index (κ3) is 2.88. The lowest BCUT2D eigenvalue weighted by atomic mass is 9.84. The number of aldehydes is 2. The first-order chi connectivity index (χ1) is 13.5. The minimum absolute atomic E-state index is 0.126. The summed E-state index contributed by atoms with van der Waals surface area (Å²) in [6, 6.07) is 1.68. The average Bonchev–Trinajstić information content (AvgIpc) is 3.19. The Morgan fingerprint density at radius 3 is 2.75 bits per heavy atom. The number of allylic oxidation sites excluding steroid dienone is 3. The lowest BCUT2D eigenvalue weighted by molar-refractivity contribution is -0.117. The van der Waals surface area contributed by atoms with Crippen molar-refractivity contribution in [1.82, 2.24) is 20.2 Å². The van der Waals surface area contributed by atoms with Crippen LogP contribution in [0.1, 0.15) is 35.9 Å². The predicted molar refractivity (Wildman–Crippen MR) is 106 cm³/mol. The fraction of sp³-hybridized carbons (Fsp3) is 0.316. The van der Waals surface area contributed by atoms with Gasteiger partial charge in [-0.2, -0.15) is 0 Å². The van der Waals surface area contributed by atoms with Gasteiger partial charge in [0.2, 0.25) is 0 Å². The molecule has 28 heavy (non-hydrogen) atoms. The number of anilines is 1. The second-order valence-electron chi connectivity index (χ2n) is 6.98.